The summed E-state index contributed by atoms with van der Waals surface area (Å²) < 4.78 is 5.77. The van der Waals surface area contributed by atoms with Gasteiger partial charge in [0.05, 0.1) is 6.54 Å². The van der Waals surface area contributed by atoms with E-state index in [1.54, 1.807) is 0 Å². The predicted molar refractivity (Wildman–Crippen MR) is 81.2 cm³/mol. The van der Waals surface area contributed by atoms with E-state index in [0.717, 1.165) is 30.2 Å². The Balaban J connectivity index is 1.93. The molecule has 3 rings (SSSR count). The number of hydrogen-bond acceptors (Lipinski definition) is 6. The maximum atomic E-state index is 5.85. The van der Waals surface area contributed by atoms with E-state index in [4.69, 9.17) is 10.5 Å². The Labute approximate surface area is 122 Å². The second-order valence-electron chi connectivity index (χ2n) is 4.52. The first kappa shape index (κ1) is 13.1. The molecule has 2 aromatic rings. The average Bonchev–Trinajstić information content (AvgIpc) is 2.68. The number of rotatable bonds is 2. The van der Waals surface area contributed by atoms with Crippen LogP contribution in [0, 0.1) is 0 Å². The second-order valence-corrected chi connectivity index (χ2v) is 5.29. The van der Waals surface area contributed by atoms with Gasteiger partial charge in [0.2, 0.25) is 0 Å². The minimum atomic E-state index is 0.498. The number of nitrogens with two attached hydrogens (primary N) is 1. The number of ether oxygens (including phenoxy) is 1. The highest BCUT2D eigenvalue weighted by molar-refractivity contribution is 7.98. The summed E-state index contributed by atoms with van der Waals surface area (Å²) in [5, 5.41) is 0.693. The highest BCUT2D eigenvalue weighted by Gasteiger charge is 2.17. The molecule has 0 saturated heterocycles. The van der Waals surface area contributed by atoms with Crippen molar-refractivity contribution in [2.24, 2.45) is 0 Å². The lowest BCUT2D eigenvalue weighted by Gasteiger charge is -2.21. The Hall–Kier alpha value is -1.95. The number of hydrogen-bond donors (Lipinski definition) is 1. The van der Waals surface area contributed by atoms with Crippen molar-refractivity contribution in [3.05, 3.63) is 35.9 Å². The van der Waals surface area contributed by atoms with E-state index < -0.39 is 0 Å². The quantitative estimate of drug-likeness (QED) is 0.675. The first-order valence-electron chi connectivity index (χ1n) is 6.40. The summed E-state index contributed by atoms with van der Waals surface area (Å²) in [5.41, 5.74) is 7.01. The molecule has 0 saturated carbocycles. The van der Waals surface area contributed by atoms with E-state index in [1.165, 1.54) is 11.8 Å². The molecule has 104 valence electrons. The molecule has 0 amide bonds. The Morgan fingerprint density at radius 2 is 2.15 bits per heavy atom. The van der Waals surface area contributed by atoms with Gasteiger partial charge in [0, 0.05) is 18.2 Å². The van der Waals surface area contributed by atoms with Gasteiger partial charge in [-0.25, -0.2) is 9.97 Å². The number of fused-ring (bicyclic) bond motifs is 1. The van der Waals surface area contributed by atoms with Gasteiger partial charge in [-0.2, -0.15) is 0 Å². The van der Waals surface area contributed by atoms with Crippen molar-refractivity contribution in [3.8, 4) is 5.75 Å². The third-order valence-electron chi connectivity index (χ3n) is 3.17. The van der Waals surface area contributed by atoms with E-state index >= 15 is 0 Å². The van der Waals surface area contributed by atoms with Crippen molar-refractivity contribution in [2.75, 3.05) is 30.0 Å². The third-order valence-corrected chi connectivity index (χ3v) is 3.72. The summed E-state index contributed by atoms with van der Waals surface area (Å²) in [6, 6.07) is 9.90. The van der Waals surface area contributed by atoms with Gasteiger partial charge in [-0.3, -0.25) is 0 Å². The molecule has 0 atom stereocenters. The molecular formula is C14H16N4OS. The molecule has 1 aliphatic rings. The van der Waals surface area contributed by atoms with Gasteiger partial charge in [0.1, 0.15) is 24.0 Å². The Morgan fingerprint density at radius 1 is 1.30 bits per heavy atom. The van der Waals surface area contributed by atoms with Crippen molar-refractivity contribution in [1.29, 1.82) is 0 Å². The van der Waals surface area contributed by atoms with E-state index in [9.17, 15) is 0 Å². The SMILES string of the molecule is CSc1nc(N)cc(N2CCOc3ccccc3C2)n1. The molecule has 0 aliphatic carbocycles. The lowest BCUT2D eigenvalue weighted by molar-refractivity contribution is 0.331. The molecular weight excluding hydrogens is 272 g/mol. The van der Waals surface area contributed by atoms with Gasteiger partial charge in [0.25, 0.3) is 0 Å². The van der Waals surface area contributed by atoms with Gasteiger partial charge >= 0.3 is 0 Å². The molecule has 1 aliphatic heterocycles. The van der Waals surface area contributed by atoms with Crippen LogP contribution in [0.2, 0.25) is 0 Å². The minimum absolute atomic E-state index is 0.498. The monoisotopic (exact) mass is 288 g/mol. The van der Waals surface area contributed by atoms with Crippen LogP contribution in [-0.4, -0.2) is 29.4 Å². The predicted octanol–water partition coefficient (Wildman–Crippen LogP) is 2.18. The topological polar surface area (TPSA) is 64.3 Å². The Bertz CT molecular complexity index is 620. The van der Waals surface area contributed by atoms with Crippen LogP contribution in [0.1, 0.15) is 5.56 Å². The van der Waals surface area contributed by atoms with Gasteiger partial charge in [-0.1, -0.05) is 30.0 Å². The highest BCUT2D eigenvalue weighted by atomic mass is 32.2. The number of thioether (sulfide) groups is 1. The molecule has 2 N–H and O–H groups in total. The maximum absolute atomic E-state index is 5.85. The van der Waals surface area contributed by atoms with E-state index in [0.29, 0.717) is 17.6 Å². The highest BCUT2D eigenvalue weighted by Crippen LogP contribution is 2.26. The smallest absolute Gasteiger partial charge is 0.191 e. The fourth-order valence-corrected chi connectivity index (χ4v) is 2.59. The third kappa shape index (κ3) is 2.65. The van der Waals surface area contributed by atoms with Crippen molar-refractivity contribution in [1.82, 2.24) is 9.97 Å². The number of para-hydroxylation sites is 1. The Morgan fingerprint density at radius 3 is 3.00 bits per heavy atom. The number of benzene rings is 1. The number of aromatic nitrogens is 2. The molecule has 20 heavy (non-hydrogen) atoms. The summed E-state index contributed by atoms with van der Waals surface area (Å²) in [6.07, 6.45) is 1.94. The standard InChI is InChI=1S/C14H16N4OS/c1-20-14-16-12(15)8-13(17-14)18-6-7-19-11-5-3-2-4-10(11)9-18/h2-5,8H,6-7,9H2,1H3,(H2,15,16,17). The van der Waals surface area contributed by atoms with Crippen LogP contribution >= 0.6 is 11.8 Å². The van der Waals surface area contributed by atoms with Gasteiger partial charge in [-0.05, 0) is 12.3 Å². The van der Waals surface area contributed by atoms with Crippen molar-refractivity contribution in [2.45, 2.75) is 11.7 Å². The molecule has 5 nitrogen and oxygen atoms in total. The summed E-state index contributed by atoms with van der Waals surface area (Å²) in [6.45, 7) is 2.18. The van der Waals surface area contributed by atoms with Gasteiger partial charge in [0.15, 0.2) is 5.16 Å². The van der Waals surface area contributed by atoms with Crippen LogP contribution in [0.5, 0.6) is 5.75 Å². The van der Waals surface area contributed by atoms with Crippen molar-refractivity contribution >= 4 is 23.4 Å². The fraction of sp³-hybridized carbons (Fsp3) is 0.286. The minimum Gasteiger partial charge on any atom is -0.491 e. The van der Waals surface area contributed by atoms with Crippen LogP contribution in [0.15, 0.2) is 35.5 Å². The number of nitrogen functional groups attached to an aromatic ring is 1. The zero-order chi connectivity index (χ0) is 13.9. The number of nitrogens with zero attached hydrogens (tertiary/aromatic N) is 3. The van der Waals surface area contributed by atoms with Crippen LogP contribution in [0.4, 0.5) is 11.6 Å². The maximum Gasteiger partial charge on any atom is 0.191 e. The fourth-order valence-electron chi connectivity index (χ4n) is 2.20. The zero-order valence-corrected chi connectivity index (χ0v) is 12.1. The molecule has 0 spiro atoms. The van der Waals surface area contributed by atoms with E-state index in [-0.39, 0.29) is 0 Å². The van der Waals surface area contributed by atoms with Crippen molar-refractivity contribution in [3.63, 3.8) is 0 Å². The second kappa shape index (κ2) is 5.58. The van der Waals surface area contributed by atoms with E-state index in [2.05, 4.69) is 20.9 Å². The number of anilines is 2. The summed E-state index contributed by atoms with van der Waals surface area (Å²) in [5.74, 6) is 2.29. The lowest BCUT2D eigenvalue weighted by Crippen LogP contribution is -2.26. The molecule has 2 heterocycles. The van der Waals surface area contributed by atoms with Crippen LogP contribution in [0.25, 0.3) is 0 Å². The molecule has 0 fully saturated rings. The summed E-state index contributed by atoms with van der Waals surface area (Å²) in [7, 11) is 0. The lowest BCUT2D eigenvalue weighted by atomic mass is 10.2. The average molecular weight is 288 g/mol. The summed E-state index contributed by atoms with van der Waals surface area (Å²) >= 11 is 1.49. The normalized spacial score (nSPS) is 14.3. The van der Waals surface area contributed by atoms with Gasteiger partial charge in [-0.15, -0.1) is 0 Å². The van der Waals surface area contributed by atoms with Crippen LogP contribution in [-0.2, 0) is 6.54 Å². The van der Waals surface area contributed by atoms with E-state index in [1.807, 2.05) is 30.5 Å². The summed E-state index contributed by atoms with van der Waals surface area (Å²) in [4.78, 5) is 10.9. The first-order chi connectivity index (χ1) is 9.76. The molecule has 1 aromatic heterocycles. The molecule has 0 unspecified atom stereocenters. The van der Waals surface area contributed by atoms with Crippen LogP contribution < -0.4 is 15.4 Å². The van der Waals surface area contributed by atoms with Crippen molar-refractivity contribution < 1.29 is 4.74 Å². The molecule has 0 bridgehead atoms. The zero-order valence-electron chi connectivity index (χ0n) is 11.2. The molecule has 1 aromatic carbocycles. The molecule has 6 heteroatoms. The Kier molecular flexibility index (Phi) is 3.64. The first-order valence-corrected chi connectivity index (χ1v) is 7.63. The molecule has 0 radical (unpaired) electrons. The largest absolute Gasteiger partial charge is 0.491 e. The van der Waals surface area contributed by atoms with Crippen LogP contribution in [0.3, 0.4) is 0 Å². The van der Waals surface area contributed by atoms with Gasteiger partial charge < -0.3 is 15.4 Å².